The van der Waals surface area contributed by atoms with Crippen molar-refractivity contribution >= 4 is 22.6 Å². The molecule has 166 valence electrons. The van der Waals surface area contributed by atoms with Crippen LogP contribution < -0.4 is 10.6 Å². The summed E-state index contributed by atoms with van der Waals surface area (Å²) >= 11 is 0. The minimum absolute atomic E-state index is 0.109. The number of amides is 1. The number of anilines is 1. The first-order valence-electron chi connectivity index (χ1n) is 10.4. The highest BCUT2D eigenvalue weighted by molar-refractivity contribution is 5.99. The fourth-order valence-corrected chi connectivity index (χ4v) is 3.30. The normalized spacial score (nSPS) is 15.8. The molecule has 1 aliphatic carbocycles. The van der Waals surface area contributed by atoms with Gasteiger partial charge in [-0.15, -0.1) is 0 Å². The van der Waals surface area contributed by atoms with E-state index in [1.165, 1.54) is 26.2 Å². The molecule has 0 aromatic carbocycles. The molecule has 1 atom stereocenters. The summed E-state index contributed by atoms with van der Waals surface area (Å²) in [6.45, 7) is 4.47. The van der Waals surface area contributed by atoms with Crippen molar-refractivity contribution in [3.63, 3.8) is 0 Å². The van der Waals surface area contributed by atoms with E-state index in [2.05, 4.69) is 33.6 Å². The first-order valence-corrected chi connectivity index (χ1v) is 10.4. The SMILES string of the molecule is CC1(Nc2cc(-n3ccc4cc(C#N)cnc43)ncc2C(=O)NC[C@@H](F)C(C)(C)O)CC1. The molecule has 1 amide bonds. The topological polar surface area (TPSA) is 116 Å². The number of rotatable bonds is 7. The minimum atomic E-state index is -1.60. The molecule has 0 bridgehead atoms. The van der Waals surface area contributed by atoms with Crippen LogP contribution in [0.5, 0.6) is 0 Å². The number of carbonyl (C=O) groups is 1. The highest BCUT2D eigenvalue weighted by Gasteiger charge is 2.38. The molecule has 8 nitrogen and oxygen atoms in total. The molecule has 0 spiro atoms. The molecular formula is C23H25FN6O2. The number of nitrogens with one attached hydrogen (secondary N) is 2. The van der Waals surface area contributed by atoms with E-state index in [0.717, 1.165) is 18.2 Å². The van der Waals surface area contributed by atoms with E-state index in [0.29, 0.717) is 28.3 Å². The lowest BCUT2D eigenvalue weighted by molar-refractivity contribution is -0.00177. The Hall–Kier alpha value is -3.51. The number of nitrogens with zero attached hydrogens (tertiary/aromatic N) is 4. The number of halogens is 1. The standard InChI is InChI=1S/C23H25FN6O2/c1-22(2,32)18(24)13-28-21(31)16-12-26-19(9-17(16)29-23(3)5-6-23)30-7-4-15-8-14(10-25)11-27-20(15)30/h4,7-9,11-12,18,32H,5-6,13H2,1-3H3,(H,26,29)(H,28,31)/t18-/m1/s1. The molecule has 0 radical (unpaired) electrons. The fourth-order valence-electron chi connectivity index (χ4n) is 3.30. The average Bonchev–Trinajstić information content (AvgIpc) is 3.32. The number of nitriles is 1. The van der Waals surface area contributed by atoms with Crippen LogP contribution in [0.25, 0.3) is 16.9 Å². The van der Waals surface area contributed by atoms with Gasteiger partial charge < -0.3 is 15.7 Å². The Morgan fingerprint density at radius 3 is 2.78 bits per heavy atom. The highest BCUT2D eigenvalue weighted by atomic mass is 19.1. The van der Waals surface area contributed by atoms with Gasteiger partial charge in [-0.25, -0.2) is 14.4 Å². The quantitative estimate of drug-likeness (QED) is 0.524. The zero-order valence-electron chi connectivity index (χ0n) is 18.2. The first kappa shape index (κ1) is 21.7. The zero-order valence-corrected chi connectivity index (χ0v) is 18.2. The van der Waals surface area contributed by atoms with Gasteiger partial charge >= 0.3 is 0 Å². The fraction of sp³-hybridized carbons (Fsp3) is 0.391. The number of hydrogen-bond donors (Lipinski definition) is 3. The monoisotopic (exact) mass is 436 g/mol. The predicted octanol–water partition coefficient (Wildman–Crippen LogP) is 3.10. The van der Waals surface area contributed by atoms with Gasteiger partial charge in [-0.2, -0.15) is 5.26 Å². The van der Waals surface area contributed by atoms with E-state index in [1.807, 2.05) is 6.07 Å². The lowest BCUT2D eigenvalue weighted by Crippen LogP contribution is -2.42. The van der Waals surface area contributed by atoms with Gasteiger partial charge in [-0.1, -0.05) is 0 Å². The Morgan fingerprint density at radius 2 is 2.12 bits per heavy atom. The second-order valence-corrected chi connectivity index (χ2v) is 9.04. The van der Waals surface area contributed by atoms with Crippen molar-refractivity contribution in [1.82, 2.24) is 19.9 Å². The van der Waals surface area contributed by atoms with E-state index < -0.39 is 17.7 Å². The third kappa shape index (κ3) is 4.41. The molecule has 0 unspecified atom stereocenters. The summed E-state index contributed by atoms with van der Waals surface area (Å²) in [5, 5.41) is 25.6. The maximum absolute atomic E-state index is 14.1. The molecule has 0 saturated heterocycles. The van der Waals surface area contributed by atoms with Crippen molar-refractivity contribution in [2.45, 2.75) is 50.9 Å². The molecule has 0 aliphatic heterocycles. The van der Waals surface area contributed by atoms with Crippen molar-refractivity contribution in [1.29, 1.82) is 5.26 Å². The first-order chi connectivity index (χ1) is 15.1. The van der Waals surface area contributed by atoms with Crippen LogP contribution in [-0.2, 0) is 0 Å². The Balaban J connectivity index is 1.66. The largest absolute Gasteiger partial charge is 0.387 e. The lowest BCUT2D eigenvalue weighted by Gasteiger charge is -2.23. The number of fused-ring (bicyclic) bond motifs is 1. The number of carbonyl (C=O) groups excluding carboxylic acids is 1. The molecule has 1 aliphatic rings. The van der Waals surface area contributed by atoms with Gasteiger partial charge in [-0.05, 0) is 45.7 Å². The highest BCUT2D eigenvalue weighted by Crippen LogP contribution is 2.39. The summed E-state index contributed by atoms with van der Waals surface area (Å²) in [6.07, 6.45) is 5.10. The third-order valence-electron chi connectivity index (χ3n) is 5.68. The van der Waals surface area contributed by atoms with Gasteiger partial charge in [0.2, 0.25) is 0 Å². The summed E-state index contributed by atoms with van der Waals surface area (Å²) < 4.78 is 15.9. The van der Waals surface area contributed by atoms with Crippen molar-refractivity contribution in [3.8, 4) is 11.9 Å². The molecule has 1 saturated carbocycles. The summed E-state index contributed by atoms with van der Waals surface area (Å²) in [7, 11) is 0. The van der Waals surface area contributed by atoms with Crippen LogP contribution >= 0.6 is 0 Å². The number of pyridine rings is 2. The lowest BCUT2D eigenvalue weighted by atomic mass is 10.0. The van der Waals surface area contributed by atoms with Gasteiger partial charge in [-0.3, -0.25) is 9.36 Å². The van der Waals surface area contributed by atoms with E-state index in [1.54, 1.807) is 22.9 Å². The summed E-state index contributed by atoms with van der Waals surface area (Å²) in [5.74, 6) is 0.0808. The maximum atomic E-state index is 14.1. The summed E-state index contributed by atoms with van der Waals surface area (Å²) in [4.78, 5) is 21.6. The molecule has 4 rings (SSSR count). The molecule has 3 heterocycles. The van der Waals surface area contributed by atoms with Gasteiger partial charge in [0.05, 0.1) is 29.0 Å². The summed E-state index contributed by atoms with van der Waals surface area (Å²) in [6, 6.07) is 7.44. The van der Waals surface area contributed by atoms with Crippen LogP contribution in [0, 0.1) is 11.3 Å². The van der Waals surface area contributed by atoms with E-state index >= 15 is 0 Å². The van der Waals surface area contributed by atoms with Gasteiger partial charge in [0.25, 0.3) is 5.91 Å². The number of hydrogen-bond acceptors (Lipinski definition) is 6. The second-order valence-electron chi connectivity index (χ2n) is 9.04. The number of aromatic nitrogens is 3. The molecule has 3 N–H and O–H groups in total. The van der Waals surface area contributed by atoms with E-state index in [-0.39, 0.29) is 12.1 Å². The van der Waals surface area contributed by atoms with E-state index in [4.69, 9.17) is 5.26 Å². The molecule has 9 heteroatoms. The van der Waals surface area contributed by atoms with Crippen molar-refractivity contribution in [2.75, 3.05) is 11.9 Å². The summed E-state index contributed by atoms with van der Waals surface area (Å²) in [5.41, 5.74) is 0.329. The Kier molecular flexibility index (Phi) is 5.34. The maximum Gasteiger partial charge on any atom is 0.255 e. The van der Waals surface area contributed by atoms with Gasteiger partial charge in [0.15, 0.2) is 0 Å². The van der Waals surface area contributed by atoms with Crippen molar-refractivity contribution < 1.29 is 14.3 Å². The molecule has 1 fully saturated rings. The minimum Gasteiger partial charge on any atom is -0.387 e. The van der Waals surface area contributed by atoms with Crippen LogP contribution in [-0.4, -0.2) is 49.4 Å². The van der Waals surface area contributed by atoms with Crippen molar-refractivity contribution in [2.24, 2.45) is 0 Å². The molecule has 3 aromatic rings. The smallest absolute Gasteiger partial charge is 0.255 e. The number of alkyl halides is 1. The molecule has 3 aromatic heterocycles. The number of aliphatic hydroxyl groups is 1. The van der Waals surface area contributed by atoms with Crippen LogP contribution in [0.1, 0.15) is 49.5 Å². The molecule has 32 heavy (non-hydrogen) atoms. The predicted molar refractivity (Wildman–Crippen MR) is 118 cm³/mol. The molecular weight excluding hydrogens is 411 g/mol. The van der Waals surface area contributed by atoms with Crippen LogP contribution in [0.2, 0.25) is 0 Å². The van der Waals surface area contributed by atoms with Gasteiger partial charge in [0.1, 0.15) is 23.7 Å². The second kappa shape index (κ2) is 7.88. The van der Waals surface area contributed by atoms with Crippen LogP contribution in [0.3, 0.4) is 0 Å². The van der Waals surface area contributed by atoms with Crippen LogP contribution in [0.15, 0.2) is 36.8 Å². The van der Waals surface area contributed by atoms with Crippen molar-refractivity contribution in [3.05, 3.63) is 47.9 Å². The van der Waals surface area contributed by atoms with E-state index in [9.17, 15) is 14.3 Å². The third-order valence-corrected chi connectivity index (χ3v) is 5.68. The van der Waals surface area contributed by atoms with Crippen LogP contribution in [0.4, 0.5) is 10.1 Å². The average molecular weight is 436 g/mol. The van der Waals surface area contributed by atoms with Gasteiger partial charge in [0, 0.05) is 35.6 Å². The Bertz CT molecular complexity index is 1220. The Labute approximate surface area is 185 Å². The zero-order chi connectivity index (χ0) is 23.1. The Morgan fingerprint density at radius 1 is 1.38 bits per heavy atom.